The van der Waals surface area contributed by atoms with Crippen LogP contribution in [0.15, 0.2) is 60.7 Å². The number of anilines is 1. The van der Waals surface area contributed by atoms with Crippen LogP contribution in [0.3, 0.4) is 0 Å². The summed E-state index contributed by atoms with van der Waals surface area (Å²) in [5.41, 5.74) is 1.91. The molecule has 6 heteroatoms. The van der Waals surface area contributed by atoms with Gasteiger partial charge in [-0.1, -0.05) is 48.5 Å². The number of carbonyl (C=O) groups excluding carboxylic acids is 2. The molecule has 3 rings (SSSR count). The predicted octanol–water partition coefficient (Wildman–Crippen LogP) is 1.56. The number of carbonyl (C=O) groups is 2. The number of hydrogen-bond donors (Lipinski definition) is 2. The Balaban J connectivity index is 1.33. The highest BCUT2D eigenvalue weighted by molar-refractivity contribution is 5.92. The summed E-state index contributed by atoms with van der Waals surface area (Å²) in [4.78, 5) is 28.5. The maximum atomic E-state index is 12.1. The molecule has 0 aromatic heterocycles. The van der Waals surface area contributed by atoms with Gasteiger partial charge in [-0.15, -0.1) is 0 Å². The number of nitrogens with zero attached hydrogens (tertiary/aromatic N) is 2. The third-order valence-corrected chi connectivity index (χ3v) is 4.59. The molecule has 2 aromatic carbocycles. The van der Waals surface area contributed by atoms with E-state index in [1.807, 2.05) is 60.7 Å². The second kappa shape index (κ2) is 9.85. The molecule has 1 heterocycles. The minimum absolute atomic E-state index is 0.00439. The zero-order valence-electron chi connectivity index (χ0n) is 15.4. The maximum absolute atomic E-state index is 12.1. The van der Waals surface area contributed by atoms with Crippen LogP contribution >= 0.6 is 0 Å². The van der Waals surface area contributed by atoms with Crippen molar-refractivity contribution in [3.63, 3.8) is 0 Å². The zero-order chi connectivity index (χ0) is 18.9. The molecule has 1 fully saturated rings. The topological polar surface area (TPSA) is 64.7 Å². The molecule has 27 heavy (non-hydrogen) atoms. The molecule has 2 aromatic rings. The minimum Gasteiger partial charge on any atom is -0.351 e. The van der Waals surface area contributed by atoms with Crippen LogP contribution in [0.5, 0.6) is 0 Å². The van der Waals surface area contributed by atoms with E-state index < -0.39 is 0 Å². The van der Waals surface area contributed by atoms with Gasteiger partial charge in [0.05, 0.1) is 13.1 Å². The predicted molar refractivity (Wildman–Crippen MR) is 106 cm³/mol. The Morgan fingerprint density at radius 3 is 1.85 bits per heavy atom. The molecule has 142 valence electrons. The molecule has 1 aliphatic heterocycles. The summed E-state index contributed by atoms with van der Waals surface area (Å²) in [5, 5.41) is 5.87. The van der Waals surface area contributed by atoms with E-state index in [1.54, 1.807) is 0 Å². The van der Waals surface area contributed by atoms with Crippen LogP contribution in [0, 0.1) is 0 Å². The fourth-order valence-corrected chi connectivity index (χ4v) is 3.09. The lowest BCUT2D eigenvalue weighted by molar-refractivity contribution is -0.123. The number of para-hydroxylation sites is 1. The van der Waals surface area contributed by atoms with Crippen molar-refractivity contribution in [1.82, 2.24) is 15.1 Å². The first-order valence-electron chi connectivity index (χ1n) is 9.29. The van der Waals surface area contributed by atoms with E-state index in [4.69, 9.17) is 0 Å². The maximum Gasteiger partial charge on any atom is 0.238 e. The van der Waals surface area contributed by atoms with Gasteiger partial charge in [0.2, 0.25) is 11.8 Å². The molecule has 0 saturated carbocycles. The molecule has 0 unspecified atom stereocenters. The van der Waals surface area contributed by atoms with E-state index in [2.05, 4.69) is 20.4 Å². The molecule has 1 aliphatic rings. The van der Waals surface area contributed by atoms with Crippen LogP contribution in [0.4, 0.5) is 5.69 Å². The smallest absolute Gasteiger partial charge is 0.238 e. The summed E-state index contributed by atoms with van der Waals surface area (Å²) in [6, 6.07) is 19.4. The van der Waals surface area contributed by atoms with Crippen LogP contribution in [0.1, 0.15) is 5.56 Å². The number of nitrogens with one attached hydrogen (secondary N) is 2. The fraction of sp³-hybridized carbons (Fsp3) is 0.333. The van der Waals surface area contributed by atoms with Crippen LogP contribution in [-0.2, 0) is 16.1 Å². The summed E-state index contributed by atoms with van der Waals surface area (Å²) in [5.74, 6) is 0.0318. The molecule has 2 amide bonds. The van der Waals surface area contributed by atoms with Crippen molar-refractivity contribution in [1.29, 1.82) is 0 Å². The standard InChI is InChI=1S/C21H26N4O2/c26-20(22-15-18-7-3-1-4-8-18)16-24-11-13-25(14-12-24)17-21(27)23-19-9-5-2-6-10-19/h1-10H,11-17H2,(H,22,26)(H,23,27). The molecule has 0 radical (unpaired) electrons. The lowest BCUT2D eigenvalue weighted by Gasteiger charge is -2.33. The first-order valence-corrected chi connectivity index (χ1v) is 9.29. The second-order valence-corrected chi connectivity index (χ2v) is 6.73. The number of benzene rings is 2. The van der Waals surface area contributed by atoms with E-state index in [0.717, 1.165) is 37.4 Å². The van der Waals surface area contributed by atoms with E-state index in [0.29, 0.717) is 19.6 Å². The molecule has 2 N–H and O–H groups in total. The Morgan fingerprint density at radius 2 is 1.26 bits per heavy atom. The van der Waals surface area contributed by atoms with Gasteiger partial charge in [-0.3, -0.25) is 19.4 Å². The molecule has 0 aliphatic carbocycles. The van der Waals surface area contributed by atoms with Gasteiger partial charge in [-0.2, -0.15) is 0 Å². The van der Waals surface area contributed by atoms with Crippen molar-refractivity contribution in [2.75, 3.05) is 44.6 Å². The first kappa shape index (κ1) is 19.1. The Kier molecular flexibility index (Phi) is 6.96. The highest BCUT2D eigenvalue weighted by Gasteiger charge is 2.20. The molecular formula is C21H26N4O2. The summed E-state index contributed by atoms with van der Waals surface area (Å²) < 4.78 is 0. The van der Waals surface area contributed by atoms with E-state index >= 15 is 0 Å². The number of hydrogen-bond acceptors (Lipinski definition) is 4. The van der Waals surface area contributed by atoms with E-state index in [9.17, 15) is 9.59 Å². The number of piperazine rings is 1. The second-order valence-electron chi connectivity index (χ2n) is 6.73. The molecular weight excluding hydrogens is 340 g/mol. The highest BCUT2D eigenvalue weighted by Crippen LogP contribution is 2.06. The Hall–Kier alpha value is -2.70. The van der Waals surface area contributed by atoms with Crippen LogP contribution in [0.2, 0.25) is 0 Å². The zero-order valence-corrected chi connectivity index (χ0v) is 15.4. The molecule has 6 nitrogen and oxygen atoms in total. The monoisotopic (exact) mass is 366 g/mol. The lowest BCUT2D eigenvalue weighted by atomic mass is 10.2. The average molecular weight is 366 g/mol. The summed E-state index contributed by atoms with van der Waals surface area (Å²) in [6.07, 6.45) is 0. The first-order chi connectivity index (χ1) is 13.2. The molecule has 1 saturated heterocycles. The van der Waals surface area contributed by atoms with E-state index in [-0.39, 0.29) is 11.8 Å². The summed E-state index contributed by atoms with van der Waals surface area (Å²) >= 11 is 0. The Labute approximate surface area is 160 Å². The van der Waals surface area contributed by atoms with Crippen LogP contribution in [-0.4, -0.2) is 60.9 Å². The van der Waals surface area contributed by atoms with E-state index in [1.165, 1.54) is 0 Å². The quantitative estimate of drug-likeness (QED) is 0.781. The van der Waals surface area contributed by atoms with Crippen molar-refractivity contribution in [2.45, 2.75) is 6.54 Å². The summed E-state index contributed by atoms with van der Waals surface area (Å²) in [6.45, 7) is 4.48. The minimum atomic E-state index is -0.00439. The fourth-order valence-electron chi connectivity index (χ4n) is 3.09. The molecule has 0 bridgehead atoms. The van der Waals surface area contributed by atoms with Crippen molar-refractivity contribution >= 4 is 17.5 Å². The van der Waals surface area contributed by atoms with Crippen molar-refractivity contribution in [2.24, 2.45) is 0 Å². The van der Waals surface area contributed by atoms with Crippen LogP contribution < -0.4 is 10.6 Å². The SMILES string of the molecule is O=C(CN1CCN(CC(=O)Nc2ccccc2)CC1)NCc1ccccc1. The molecule has 0 atom stereocenters. The van der Waals surface area contributed by atoms with Crippen LogP contribution in [0.25, 0.3) is 0 Å². The Morgan fingerprint density at radius 1 is 0.741 bits per heavy atom. The largest absolute Gasteiger partial charge is 0.351 e. The van der Waals surface area contributed by atoms with Crippen molar-refractivity contribution < 1.29 is 9.59 Å². The van der Waals surface area contributed by atoms with Gasteiger partial charge in [0, 0.05) is 38.4 Å². The number of amides is 2. The summed E-state index contributed by atoms with van der Waals surface area (Å²) in [7, 11) is 0. The average Bonchev–Trinajstić information content (AvgIpc) is 2.69. The van der Waals surface area contributed by atoms with Crippen molar-refractivity contribution in [3.8, 4) is 0 Å². The van der Waals surface area contributed by atoms with Crippen molar-refractivity contribution in [3.05, 3.63) is 66.2 Å². The highest BCUT2D eigenvalue weighted by atomic mass is 16.2. The van der Waals surface area contributed by atoms with Gasteiger partial charge < -0.3 is 10.6 Å². The molecule has 0 spiro atoms. The van der Waals surface area contributed by atoms with Gasteiger partial charge in [0.15, 0.2) is 0 Å². The lowest BCUT2D eigenvalue weighted by Crippen LogP contribution is -2.50. The number of rotatable bonds is 7. The van der Waals surface area contributed by atoms with Gasteiger partial charge in [0.25, 0.3) is 0 Å². The normalized spacial score (nSPS) is 15.3. The van der Waals surface area contributed by atoms with Gasteiger partial charge >= 0.3 is 0 Å². The van der Waals surface area contributed by atoms with Gasteiger partial charge in [-0.05, 0) is 17.7 Å². The third kappa shape index (κ3) is 6.51. The van der Waals surface area contributed by atoms with Gasteiger partial charge in [-0.25, -0.2) is 0 Å². The third-order valence-electron chi connectivity index (χ3n) is 4.59. The van der Waals surface area contributed by atoms with Gasteiger partial charge in [0.1, 0.15) is 0 Å². The Bertz CT molecular complexity index is 728.